The van der Waals surface area contributed by atoms with Crippen LogP contribution in [0.1, 0.15) is 11.3 Å². The number of H-pyrrole nitrogens is 1. The smallest absolute Gasteiger partial charge is 0.113 e. The lowest BCUT2D eigenvalue weighted by molar-refractivity contribution is -0.0511. The van der Waals surface area contributed by atoms with E-state index in [2.05, 4.69) is 39.5 Å². The molecule has 3 N–H and O–H groups in total. The third kappa shape index (κ3) is 2.65. The third-order valence-electron chi connectivity index (χ3n) is 4.73. The number of hydrogen-bond donors (Lipinski definition) is 3. The molecule has 0 unspecified atom stereocenters. The van der Waals surface area contributed by atoms with Crippen molar-refractivity contribution in [3.05, 3.63) is 35.5 Å². The summed E-state index contributed by atoms with van der Waals surface area (Å²) in [6.07, 6.45) is 1.03. The van der Waals surface area contributed by atoms with E-state index in [1.165, 1.54) is 22.2 Å². The van der Waals surface area contributed by atoms with E-state index in [-0.39, 0.29) is 0 Å². The van der Waals surface area contributed by atoms with Gasteiger partial charge < -0.3 is 20.1 Å². The molecule has 2 aromatic rings. The van der Waals surface area contributed by atoms with Gasteiger partial charge in [0.25, 0.3) is 0 Å². The molecule has 0 radical (unpaired) electrons. The third-order valence-corrected chi connectivity index (χ3v) is 4.73. The van der Waals surface area contributed by atoms with Crippen molar-refractivity contribution in [2.24, 2.45) is 0 Å². The van der Waals surface area contributed by atoms with Gasteiger partial charge in [0, 0.05) is 49.3 Å². The molecular weight excluding hydrogens is 278 g/mol. The Balaban J connectivity index is 1.52. The molecule has 0 saturated carbocycles. The largest absolute Gasteiger partial charge is 0.385 e. The second-order valence-electron chi connectivity index (χ2n) is 6.54. The molecule has 0 spiro atoms. The lowest BCUT2D eigenvalue weighted by Gasteiger charge is -2.35. The van der Waals surface area contributed by atoms with E-state index >= 15 is 0 Å². The first kappa shape index (κ1) is 14.2. The molecule has 2 aliphatic heterocycles. The summed E-state index contributed by atoms with van der Waals surface area (Å²) in [6.45, 7) is 5.00. The number of aromatic nitrogens is 1. The minimum Gasteiger partial charge on any atom is -0.385 e. The first-order valence-corrected chi connectivity index (χ1v) is 8.05. The fourth-order valence-corrected chi connectivity index (χ4v) is 3.68. The van der Waals surface area contributed by atoms with Crippen LogP contribution in [0.25, 0.3) is 10.9 Å². The van der Waals surface area contributed by atoms with Crippen molar-refractivity contribution >= 4 is 10.9 Å². The Labute approximate surface area is 130 Å². The monoisotopic (exact) mass is 301 g/mol. The van der Waals surface area contributed by atoms with Crippen LogP contribution in [0, 0.1) is 0 Å². The van der Waals surface area contributed by atoms with Crippen LogP contribution in [0.2, 0.25) is 0 Å². The first-order chi connectivity index (χ1) is 10.7. The normalized spacial score (nSPS) is 26.8. The number of nitrogens with one attached hydrogen (secondary N) is 2. The summed E-state index contributed by atoms with van der Waals surface area (Å²) in [7, 11) is 0. The maximum Gasteiger partial charge on any atom is 0.113 e. The van der Waals surface area contributed by atoms with Gasteiger partial charge in [-0.05, 0) is 18.1 Å². The van der Waals surface area contributed by atoms with Crippen LogP contribution >= 0.6 is 0 Å². The van der Waals surface area contributed by atoms with E-state index in [9.17, 15) is 5.11 Å². The van der Waals surface area contributed by atoms with Crippen LogP contribution < -0.4 is 5.32 Å². The predicted octanol–water partition coefficient (Wildman–Crippen LogP) is 0.877. The molecule has 2 aliphatic rings. The molecule has 22 heavy (non-hydrogen) atoms. The maximum absolute atomic E-state index is 10.8. The standard InChI is InChI=1S/C17H23N3O2/c21-17(10-18-6-8-22-12-17)11-20-7-5-14-13-3-1-2-4-15(13)19-16(14)9-20/h1-4,18-19,21H,5-12H2/t17-/m1/s1. The Bertz CT molecular complexity index is 659. The number of aromatic amines is 1. The molecule has 118 valence electrons. The van der Waals surface area contributed by atoms with E-state index in [1.54, 1.807) is 0 Å². The van der Waals surface area contributed by atoms with Crippen LogP contribution in [-0.2, 0) is 17.7 Å². The van der Waals surface area contributed by atoms with Crippen molar-refractivity contribution in [1.82, 2.24) is 15.2 Å². The second kappa shape index (κ2) is 5.66. The molecule has 0 amide bonds. The minimum atomic E-state index is -0.792. The van der Waals surface area contributed by atoms with Gasteiger partial charge in [0.15, 0.2) is 0 Å². The Kier molecular flexibility index (Phi) is 3.66. The summed E-state index contributed by atoms with van der Waals surface area (Å²) in [5.41, 5.74) is 3.15. The molecule has 1 aromatic heterocycles. The maximum atomic E-state index is 10.8. The Hall–Kier alpha value is -1.40. The highest BCUT2D eigenvalue weighted by Gasteiger charge is 2.33. The average molecular weight is 301 g/mol. The Morgan fingerprint density at radius 2 is 2.23 bits per heavy atom. The molecule has 1 saturated heterocycles. The number of para-hydroxylation sites is 1. The van der Waals surface area contributed by atoms with Crippen molar-refractivity contribution < 1.29 is 9.84 Å². The van der Waals surface area contributed by atoms with Crippen LogP contribution in [0.15, 0.2) is 24.3 Å². The topological polar surface area (TPSA) is 60.5 Å². The van der Waals surface area contributed by atoms with Gasteiger partial charge in [-0.15, -0.1) is 0 Å². The highest BCUT2D eigenvalue weighted by molar-refractivity contribution is 5.84. The number of nitrogens with zero attached hydrogens (tertiary/aromatic N) is 1. The van der Waals surface area contributed by atoms with Gasteiger partial charge >= 0.3 is 0 Å². The zero-order valence-electron chi connectivity index (χ0n) is 12.8. The van der Waals surface area contributed by atoms with Gasteiger partial charge in [-0.3, -0.25) is 4.90 Å². The molecular formula is C17H23N3O2. The summed E-state index contributed by atoms with van der Waals surface area (Å²) in [6, 6.07) is 8.49. The van der Waals surface area contributed by atoms with Crippen LogP contribution in [0.3, 0.4) is 0 Å². The van der Waals surface area contributed by atoms with Crippen LogP contribution in [0.5, 0.6) is 0 Å². The van der Waals surface area contributed by atoms with Crippen molar-refractivity contribution in [3.8, 4) is 0 Å². The molecule has 5 heteroatoms. The molecule has 1 fully saturated rings. The highest BCUT2D eigenvalue weighted by atomic mass is 16.5. The number of benzene rings is 1. The Morgan fingerprint density at radius 1 is 1.32 bits per heavy atom. The van der Waals surface area contributed by atoms with Crippen molar-refractivity contribution in [2.75, 3.05) is 39.4 Å². The van der Waals surface area contributed by atoms with Crippen LogP contribution in [-0.4, -0.2) is 60.0 Å². The summed E-state index contributed by atoms with van der Waals surface area (Å²) < 4.78 is 5.52. The first-order valence-electron chi connectivity index (χ1n) is 8.05. The van der Waals surface area contributed by atoms with Gasteiger partial charge in [0.2, 0.25) is 0 Å². The van der Waals surface area contributed by atoms with Crippen molar-refractivity contribution in [2.45, 2.75) is 18.6 Å². The minimum absolute atomic E-state index is 0.413. The predicted molar refractivity (Wildman–Crippen MR) is 85.9 cm³/mol. The lowest BCUT2D eigenvalue weighted by atomic mass is 10.00. The molecule has 1 aromatic carbocycles. The molecule has 3 heterocycles. The number of fused-ring (bicyclic) bond motifs is 3. The summed E-state index contributed by atoms with van der Waals surface area (Å²) in [5.74, 6) is 0. The Morgan fingerprint density at radius 3 is 3.18 bits per heavy atom. The average Bonchev–Trinajstić information content (AvgIpc) is 2.74. The number of rotatable bonds is 2. The zero-order chi connectivity index (χ0) is 15.0. The van der Waals surface area contributed by atoms with E-state index < -0.39 is 5.60 Å². The summed E-state index contributed by atoms with van der Waals surface area (Å²) in [4.78, 5) is 5.87. The van der Waals surface area contributed by atoms with Gasteiger partial charge in [-0.25, -0.2) is 0 Å². The van der Waals surface area contributed by atoms with Gasteiger partial charge in [0.05, 0.1) is 13.2 Å². The lowest BCUT2D eigenvalue weighted by Crippen LogP contribution is -2.52. The fourth-order valence-electron chi connectivity index (χ4n) is 3.68. The number of aliphatic hydroxyl groups is 1. The molecule has 0 aliphatic carbocycles. The fraction of sp³-hybridized carbons (Fsp3) is 0.529. The molecule has 5 nitrogen and oxygen atoms in total. The van der Waals surface area contributed by atoms with Gasteiger partial charge in [-0.2, -0.15) is 0 Å². The number of hydrogen-bond acceptors (Lipinski definition) is 4. The molecule has 4 rings (SSSR count). The summed E-state index contributed by atoms with van der Waals surface area (Å²) >= 11 is 0. The zero-order valence-corrected chi connectivity index (χ0v) is 12.8. The number of β-amino-alcohol motifs (C(OH)–C–C–N with tert-alkyl or cyclic N) is 1. The van der Waals surface area contributed by atoms with E-state index in [0.717, 1.165) is 26.1 Å². The quantitative estimate of drug-likeness (QED) is 0.770. The highest BCUT2D eigenvalue weighted by Crippen LogP contribution is 2.28. The van der Waals surface area contributed by atoms with E-state index in [0.29, 0.717) is 26.3 Å². The summed E-state index contributed by atoms with van der Waals surface area (Å²) in [5, 5.41) is 15.4. The SMILES string of the molecule is O[C@@]1(CN2CCc3c([nH]c4ccccc34)C2)CNCCOC1. The molecule has 1 atom stereocenters. The van der Waals surface area contributed by atoms with Gasteiger partial charge in [0.1, 0.15) is 5.60 Å². The molecule has 0 bridgehead atoms. The van der Waals surface area contributed by atoms with Crippen molar-refractivity contribution in [1.29, 1.82) is 0 Å². The van der Waals surface area contributed by atoms with Gasteiger partial charge in [-0.1, -0.05) is 18.2 Å². The van der Waals surface area contributed by atoms with Crippen LogP contribution in [0.4, 0.5) is 0 Å². The van der Waals surface area contributed by atoms with Crippen molar-refractivity contribution in [3.63, 3.8) is 0 Å². The second-order valence-corrected chi connectivity index (χ2v) is 6.54. The number of ether oxygens (including phenoxy) is 1. The van der Waals surface area contributed by atoms with E-state index in [4.69, 9.17) is 4.74 Å². The van der Waals surface area contributed by atoms with E-state index in [1.807, 2.05) is 0 Å².